The van der Waals surface area contributed by atoms with E-state index in [2.05, 4.69) is 22.3 Å². The van der Waals surface area contributed by atoms with Gasteiger partial charge in [-0.05, 0) is 24.6 Å². The number of carbonyl (C=O) groups excluding carboxylic acids is 1. The van der Waals surface area contributed by atoms with Gasteiger partial charge < -0.3 is 5.32 Å². The minimum atomic E-state index is -0.0228. The molecule has 0 aliphatic carbocycles. The van der Waals surface area contributed by atoms with Crippen LogP contribution in [0.5, 0.6) is 0 Å². The molecule has 0 bridgehead atoms. The summed E-state index contributed by atoms with van der Waals surface area (Å²) in [5.41, 5.74) is 1.43. The summed E-state index contributed by atoms with van der Waals surface area (Å²) in [6.45, 7) is 2.05. The summed E-state index contributed by atoms with van der Waals surface area (Å²) in [5, 5.41) is 8.74. The Morgan fingerprint density at radius 2 is 2.04 bits per heavy atom. The van der Waals surface area contributed by atoms with Gasteiger partial charge in [0.15, 0.2) is 5.13 Å². The Morgan fingerprint density at radius 3 is 2.76 bits per heavy atom. The van der Waals surface area contributed by atoms with E-state index in [1.54, 1.807) is 35.3 Å². The van der Waals surface area contributed by atoms with Gasteiger partial charge in [0.1, 0.15) is 5.69 Å². The summed E-state index contributed by atoms with van der Waals surface area (Å²) in [6.07, 6.45) is 5.72. The standard InChI is InChI=1S/C17H16Cl2N4OS/c1-2-3-7-15(24)22-17-20-10-14(25-17)13-8-9-21-23(13)16-11(18)5-4-6-12(16)19/h4-6,8-10H,2-3,7H2,1H3,(H,20,22,24). The number of rotatable bonds is 6. The van der Waals surface area contributed by atoms with E-state index < -0.39 is 0 Å². The van der Waals surface area contributed by atoms with Crippen molar-refractivity contribution in [3.8, 4) is 16.3 Å². The fourth-order valence-corrected chi connectivity index (χ4v) is 3.73. The molecule has 25 heavy (non-hydrogen) atoms. The third kappa shape index (κ3) is 4.03. The van der Waals surface area contributed by atoms with E-state index in [0.717, 1.165) is 23.4 Å². The Morgan fingerprint density at radius 1 is 1.28 bits per heavy atom. The number of carbonyl (C=O) groups is 1. The lowest BCUT2D eigenvalue weighted by Gasteiger charge is -2.09. The minimum Gasteiger partial charge on any atom is -0.302 e. The van der Waals surface area contributed by atoms with Crippen LogP contribution in [-0.2, 0) is 4.79 Å². The Kier molecular flexibility index (Phi) is 5.73. The summed E-state index contributed by atoms with van der Waals surface area (Å²) < 4.78 is 1.68. The first-order valence-corrected chi connectivity index (χ1v) is 9.42. The predicted octanol–water partition coefficient (Wildman–Crippen LogP) is 5.43. The van der Waals surface area contributed by atoms with Gasteiger partial charge >= 0.3 is 0 Å². The van der Waals surface area contributed by atoms with E-state index in [1.165, 1.54) is 11.3 Å². The monoisotopic (exact) mass is 394 g/mol. The van der Waals surface area contributed by atoms with Gasteiger partial charge in [-0.15, -0.1) is 0 Å². The van der Waals surface area contributed by atoms with E-state index in [9.17, 15) is 4.79 Å². The number of amides is 1. The van der Waals surface area contributed by atoms with E-state index >= 15 is 0 Å². The number of thiazole rings is 1. The molecule has 2 heterocycles. The van der Waals surface area contributed by atoms with Crippen molar-refractivity contribution in [1.82, 2.24) is 14.8 Å². The normalized spacial score (nSPS) is 10.8. The van der Waals surface area contributed by atoms with Gasteiger partial charge in [-0.1, -0.05) is 53.9 Å². The molecule has 0 saturated carbocycles. The smallest absolute Gasteiger partial charge is 0.226 e. The summed E-state index contributed by atoms with van der Waals surface area (Å²) in [7, 11) is 0. The van der Waals surface area contributed by atoms with Gasteiger partial charge in [-0.3, -0.25) is 4.79 Å². The van der Waals surface area contributed by atoms with E-state index in [4.69, 9.17) is 23.2 Å². The second-order valence-electron chi connectivity index (χ2n) is 5.38. The van der Waals surface area contributed by atoms with Gasteiger partial charge in [0.25, 0.3) is 0 Å². The number of hydrogen-bond acceptors (Lipinski definition) is 4. The first-order valence-electron chi connectivity index (χ1n) is 7.84. The number of hydrogen-bond donors (Lipinski definition) is 1. The van der Waals surface area contributed by atoms with E-state index in [1.807, 2.05) is 6.07 Å². The zero-order chi connectivity index (χ0) is 17.8. The largest absolute Gasteiger partial charge is 0.302 e. The highest BCUT2D eigenvalue weighted by Crippen LogP contribution is 2.34. The molecule has 2 aromatic heterocycles. The van der Waals surface area contributed by atoms with Crippen LogP contribution in [0.2, 0.25) is 10.0 Å². The lowest BCUT2D eigenvalue weighted by Crippen LogP contribution is -2.10. The first-order chi connectivity index (χ1) is 12.1. The van der Waals surface area contributed by atoms with Crippen molar-refractivity contribution in [2.75, 3.05) is 5.32 Å². The molecule has 5 nitrogen and oxygen atoms in total. The number of para-hydroxylation sites is 1. The number of aromatic nitrogens is 3. The molecule has 0 unspecified atom stereocenters. The Labute approximate surface area is 159 Å². The third-order valence-electron chi connectivity index (χ3n) is 3.55. The molecular formula is C17H16Cl2N4OS. The van der Waals surface area contributed by atoms with Gasteiger partial charge in [-0.2, -0.15) is 5.10 Å². The van der Waals surface area contributed by atoms with Crippen molar-refractivity contribution >= 4 is 45.6 Å². The maximum absolute atomic E-state index is 11.8. The minimum absolute atomic E-state index is 0.0228. The summed E-state index contributed by atoms with van der Waals surface area (Å²) >= 11 is 14.0. The molecule has 3 aromatic rings. The topological polar surface area (TPSA) is 59.8 Å². The number of nitrogens with one attached hydrogen (secondary N) is 1. The van der Waals surface area contributed by atoms with Crippen molar-refractivity contribution in [3.05, 3.63) is 46.7 Å². The molecule has 0 radical (unpaired) electrons. The van der Waals surface area contributed by atoms with Gasteiger partial charge in [0, 0.05) is 12.6 Å². The third-order valence-corrected chi connectivity index (χ3v) is 5.10. The molecular weight excluding hydrogens is 379 g/mol. The fraction of sp³-hybridized carbons (Fsp3) is 0.235. The zero-order valence-corrected chi connectivity index (χ0v) is 15.8. The molecule has 0 aliphatic heterocycles. The maximum atomic E-state index is 11.8. The Bertz CT molecular complexity index is 870. The highest BCUT2D eigenvalue weighted by atomic mass is 35.5. The second kappa shape index (κ2) is 7.99. The molecule has 0 fully saturated rings. The summed E-state index contributed by atoms with van der Waals surface area (Å²) in [5.74, 6) is -0.0228. The van der Waals surface area contributed by atoms with Crippen molar-refractivity contribution in [2.24, 2.45) is 0 Å². The quantitative estimate of drug-likeness (QED) is 0.605. The molecule has 1 N–H and O–H groups in total. The second-order valence-corrected chi connectivity index (χ2v) is 7.22. The number of unbranched alkanes of at least 4 members (excludes halogenated alkanes) is 1. The molecule has 0 spiro atoms. The van der Waals surface area contributed by atoms with Crippen LogP contribution in [0.25, 0.3) is 16.3 Å². The van der Waals surface area contributed by atoms with Gasteiger partial charge in [0.05, 0.1) is 26.8 Å². The van der Waals surface area contributed by atoms with Gasteiger partial charge in [0.2, 0.25) is 5.91 Å². The van der Waals surface area contributed by atoms with Crippen LogP contribution in [0, 0.1) is 0 Å². The lowest BCUT2D eigenvalue weighted by atomic mass is 10.2. The summed E-state index contributed by atoms with van der Waals surface area (Å²) in [6, 6.07) is 7.17. The molecule has 0 saturated heterocycles. The molecule has 0 aliphatic rings. The molecule has 1 amide bonds. The first kappa shape index (κ1) is 17.9. The Hall–Kier alpha value is -1.89. The average molecular weight is 395 g/mol. The summed E-state index contributed by atoms with van der Waals surface area (Å²) in [4.78, 5) is 17.0. The molecule has 0 atom stereocenters. The Balaban J connectivity index is 1.88. The average Bonchev–Trinajstić information content (AvgIpc) is 3.22. The molecule has 1 aromatic carbocycles. The SMILES string of the molecule is CCCCC(=O)Nc1ncc(-c2ccnn2-c2c(Cl)cccc2Cl)s1. The molecule has 8 heteroatoms. The molecule has 130 valence electrons. The van der Waals surface area contributed by atoms with Gasteiger partial charge in [-0.25, -0.2) is 9.67 Å². The maximum Gasteiger partial charge on any atom is 0.226 e. The number of anilines is 1. The van der Waals surface area contributed by atoms with Crippen LogP contribution in [0.15, 0.2) is 36.7 Å². The van der Waals surface area contributed by atoms with Crippen LogP contribution in [-0.4, -0.2) is 20.7 Å². The fourth-order valence-electron chi connectivity index (χ4n) is 2.33. The predicted molar refractivity (Wildman–Crippen MR) is 103 cm³/mol. The van der Waals surface area contributed by atoms with Crippen LogP contribution in [0.3, 0.4) is 0 Å². The van der Waals surface area contributed by atoms with Crippen LogP contribution in [0.1, 0.15) is 26.2 Å². The van der Waals surface area contributed by atoms with Crippen molar-refractivity contribution in [3.63, 3.8) is 0 Å². The number of halogens is 2. The highest BCUT2D eigenvalue weighted by molar-refractivity contribution is 7.19. The zero-order valence-electron chi connectivity index (χ0n) is 13.5. The van der Waals surface area contributed by atoms with Crippen LogP contribution in [0.4, 0.5) is 5.13 Å². The van der Waals surface area contributed by atoms with Crippen molar-refractivity contribution < 1.29 is 4.79 Å². The van der Waals surface area contributed by atoms with Crippen molar-refractivity contribution in [1.29, 1.82) is 0 Å². The van der Waals surface area contributed by atoms with Crippen molar-refractivity contribution in [2.45, 2.75) is 26.2 Å². The number of benzene rings is 1. The van der Waals surface area contributed by atoms with E-state index in [-0.39, 0.29) is 5.91 Å². The molecule has 3 rings (SSSR count). The lowest BCUT2D eigenvalue weighted by molar-refractivity contribution is -0.116. The van der Waals surface area contributed by atoms with E-state index in [0.29, 0.717) is 27.3 Å². The van der Waals surface area contributed by atoms with Crippen LogP contribution >= 0.6 is 34.5 Å². The number of nitrogens with zero attached hydrogens (tertiary/aromatic N) is 3. The highest BCUT2D eigenvalue weighted by Gasteiger charge is 2.16. The van der Waals surface area contributed by atoms with Crippen LogP contribution < -0.4 is 5.32 Å².